The van der Waals surface area contributed by atoms with Crippen molar-refractivity contribution in [2.45, 2.75) is 218 Å². The van der Waals surface area contributed by atoms with E-state index in [0.717, 1.165) is 19.3 Å². The standard InChI is InChI=1S/C37H74O5/c1-3-5-7-9-11-13-15-17-19-21-23-25-27-29-31-40-36-35(39)34(33-38)42-37(36)41-32-30-28-26-24-22-20-18-16-14-12-10-8-6-4-2/h34-39H,3-33H2,1-2H3/t34-,35-,36-,37-/m1/s1. The third kappa shape index (κ3) is 22.3. The quantitative estimate of drug-likeness (QED) is 0.0736. The predicted octanol–water partition coefficient (Wildman–Crippen LogP) is 10.4. The second-order valence-corrected chi connectivity index (χ2v) is 13.1. The van der Waals surface area contributed by atoms with Crippen LogP contribution >= 0.6 is 0 Å². The molecule has 0 unspecified atom stereocenters. The molecule has 5 heteroatoms. The third-order valence-electron chi connectivity index (χ3n) is 9.06. The molecule has 252 valence electrons. The lowest BCUT2D eigenvalue weighted by molar-refractivity contribution is -0.180. The van der Waals surface area contributed by atoms with Gasteiger partial charge in [-0.1, -0.05) is 181 Å². The van der Waals surface area contributed by atoms with Gasteiger partial charge in [0.1, 0.15) is 18.3 Å². The van der Waals surface area contributed by atoms with Gasteiger partial charge >= 0.3 is 0 Å². The van der Waals surface area contributed by atoms with Gasteiger partial charge in [-0.3, -0.25) is 0 Å². The van der Waals surface area contributed by atoms with Gasteiger partial charge < -0.3 is 24.4 Å². The molecule has 1 aliphatic heterocycles. The third-order valence-corrected chi connectivity index (χ3v) is 9.06. The smallest absolute Gasteiger partial charge is 0.186 e. The number of unbranched alkanes of at least 4 members (excludes halogenated alkanes) is 26. The maximum atomic E-state index is 10.6. The van der Waals surface area contributed by atoms with E-state index in [1.807, 2.05) is 0 Å². The minimum atomic E-state index is -0.831. The first kappa shape index (κ1) is 39.8. The van der Waals surface area contributed by atoms with E-state index in [9.17, 15) is 10.2 Å². The highest BCUT2D eigenvalue weighted by Crippen LogP contribution is 2.26. The van der Waals surface area contributed by atoms with Gasteiger partial charge in [0.05, 0.1) is 6.61 Å². The molecule has 0 bridgehead atoms. The molecule has 0 radical (unpaired) electrons. The van der Waals surface area contributed by atoms with E-state index in [1.165, 1.54) is 161 Å². The second-order valence-electron chi connectivity index (χ2n) is 13.1. The summed E-state index contributed by atoms with van der Waals surface area (Å²) in [5, 5.41) is 20.2. The molecular formula is C37H74O5. The summed E-state index contributed by atoms with van der Waals surface area (Å²) in [5.74, 6) is 0. The fraction of sp³-hybridized carbons (Fsp3) is 1.00. The molecule has 1 aliphatic rings. The van der Waals surface area contributed by atoms with Crippen molar-refractivity contribution in [1.82, 2.24) is 0 Å². The fourth-order valence-electron chi connectivity index (χ4n) is 6.18. The monoisotopic (exact) mass is 599 g/mol. The van der Waals surface area contributed by atoms with Gasteiger partial charge in [-0.05, 0) is 12.8 Å². The summed E-state index contributed by atoms with van der Waals surface area (Å²) >= 11 is 0. The van der Waals surface area contributed by atoms with Crippen LogP contribution in [0.25, 0.3) is 0 Å². The van der Waals surface area contributed by atoms with E-state index in [-0.39, 0.29) is 6.61 Å². The van der Waals surface area contributed by atoms with Crippen LogP contribution in [0.3, 0.4) is 0 Å². The zero-order valence-corrected chi connectivity index (χ0v) is 28.3. The Balaban J connectivity index is 1.97. The van der Waals surface area contributed by atoms with Crippen molar-refractivity contribution < 1.29 is 24.4 Å². The van der Waals surface area contributed by atoms with Gasteiger partial charge in [0, 0.05) is 13.2 Å². The predicted molar refractivity (Wildman–Crippen MR) is 178 cm³/mol. The zero-order chi connectivity index (χ0) is 30.4. The van der Waals surface area contributed by atoms with Crippen LogP contribution in [-0.4, -0.2) is 54.6 Å². The Bertz CT molecular complexity index is 530. The summed E-state index contributed by atoms with van der Waals surface area (Å²) in [7, 11) is 0. The van der Waals surface area contributed by atoms with Crippen molar-refractivity contribution in [1.29, 1.82) is 0 Å². The Kier molecular flexibility index (Phi) is 29.2. The van der Waals surface area contributed by atoms with E-state index in [4.69, 9.17) is 14.2 Å². The van der Waals surface area contributed by atoms with Crippen LogP contribution in [0.4, 0.5) is 0 Å². The number of aliphatic hydroxyl groups excluding tert-OH is 2. The summed E-state index contributed by atoms with van der Waals surface area (Å²) < 4.78 is 17.8. The van der Waals surface area contributed by atoms with Crippen LogP contribution in [0.1, 0.15) is 194 Å². The molecule has 1 rings (SSSR count). The van der Waals surface area contributed by atoms with Gasteiger partial charge in [-0.25, -0.2) is 0 Å². The van der Waals surface area contributed by atoms with Gasteiger partial charge in [-0.15, -0.1) is 0 Å². The van der Waals surface area contributed by atoms with Crippen molar-refractivity contribution in [3.05, 3.63) is 0 Å². The molecule has 4 atom stereocenters. The topological polar surface area (TPSA) is 68.2 Å². The maximum Gasteiger partial charge on any atom is 0.186 e. The molecule has 0 aromatic heterocycles. The molecule has 1 saturated heterocycles. The zero-order valence-electron chi connectivity index (χ0n) is 28.3. The van der Waals surface area contributed by atoms with Crippen molar-refractivity contribution in [3.8, 4) is 0 Å². The van der Waals surface area contributed by atoms with Crippen LogP contribution in [0.2, 0.25) is 0 Å². The van der Waals surface area contributed by atoms with Crippen molar-refractivity contribution >= 4 is 0 Å². The molecule has 0 spiro atoms. The number of ether oxygens (including phenoxy) is 3. The van der Waals surface area contributed by atoms with E-state index >= 15 is 0 Å². The molecule has 2 N–H and O–H groups in total. The number of hydrogen-bond acceptors (Lipinski definition) is 5. The van der Waals surface area contributed by atoms with Crippen LogP contribution in [-0.2, 0) is 14.2 Å². The van der Waals surface area contributed by atoms with Gasteiger partial charge in [0.25, 0.3) is 0 Å². The highest BCUT2D eigenvalue weighted by Gasteiger charge is 2.44. The summed E-state index contributed by atoms with van der Waals surface area (Å²) in [5.41, 5.74) is 0. The Hall–Kier alpha value is -0.200. The molecule has 42 heavy (non-hydrogen) atoms. The van der Waals surface area contributed by atoms with Crippen molar-refractivity contribution in [3.63, 3.8) is 0 Å². The minimum Gasteiger partial charge on any atom is -0.394 e. The van der Waals surface area contributed by atoms with Gasteiger partial charge in [0.15, 0.2) is 6.29 Å². The minimum absolute atomic E-state index is 0.210. The van der Waals surface area contributed by atoms with Crippen LogP contribution < -0.4 is 0 Å². The molecule has 0 aromatic carbocycles. The average molecular weight is 599 g/mol. The number of aliphatic hydroxyl groups is 2. The first-order chi connectivity index (χ1) is 20.7. The molecular weight excluding hydrogens is 524 g/mol. The SMILES string of the molecule is CCCCCCCCCCCCCCCCO[C@@H]1O[C@H](CO)[C@@H](O)[C@H]1OCCCCCCCCCCCCCCCC. The summed E-state index contributed by atoms with van der Waals surface area (Å²) in [4.78, 5) is 0. The average Bonchev–Trinajstić information content (AvgIpc) is 3.30. The summed E-state index contributed by atoms with van der Waals surface area (Å²) in [6, 6.07) is 0. The Morgan fingerprint density at radius 3 is 1.10 bits per heavy atom. The van der Waals surface area contributed by atoms with Crippen molar-refractivity contribution in [2.75, 3.05) is 19.8 Å². The van der Waals surface area contributed by atoms with Crippen molar-refractivity contribution in [2.24, 2.45) is 0 Å². The molecule has 1 heterocycles. The van der Waals surface area contributed by atoms with Crippen LogP contribution in [0.15, 0.2) is 0 Å². The molecule has 0 saturated carbocycles. The van der Waals surface area contributed by atoms with Crippen LogP contribution in [0.5, 0.6) is 0 Å². The Morgan fingerprint density at radius 2 is 0.762 bits per heavy atom. The lowest BCUT2D eigenvalue weighted by Gasteiger charge is -2.21. The first-order valence-electron chi connectivity index (χ1n) is 18.9. The maximum absolute atomic E-state index is 10.6. The van der Waals surface area contributed by atoms with Gasteiger partial charge in [0.2, 0.25) is 0 Å². The molecule has 0 aliphatic carbocycles. The number of rotatable bonds is 33. The number of hydrogen-bond donors (Lipinski definition) is 2. The van der Waals surface area contributed by atoms with E-state index in [0.29, 0.717) is 13.2 Å². The largest absolute Gasteiger partial charge is 0.394 e. The molecule has 0 amide bonds. The highest BCUT2D eigenvalue weighted by molar-refractivity contribution is 4.87. The second kappa shape index (κ2) is 30.8. The summed E-state index contributed by atoms with van der Waals surface area (Å²) in [6.45, 7) is 5.58. The fourth-order valence-corrected chi connectivity index (χ4v) is 6.18. The Morgan fingerprint density at radius 1 is 0.452 bits per heavy atom. The van der Waals surface area contributed by atoms with Gasteiger partial charge in [-0.2, -0.15) is 0 Å². The van der Waals surface area contributed by atoms with E-state index in [2.05, 4.69) is 13.8 Å². The first-order valence-corrected chi connectivity index (χ1v) is 18.9. The Labute approximate surface area is 262 Å². The lowest BCUT2D eigenvalue weighted by atomic mass is 10.0. The van der Waals surface area contributed by atoms with Crippen LogP contribution in [0, 0.1) is 0 Å². The normalized spacial score (nSPS) is 20.6. The lowest BCUT2D eigenvalue weighted by Crippen LogP contribution is -2.37. The summed E-state index contributed by atoms with van der Waals surface area (Å²) in [6.07, 6.45) is 34.8. The molecule has 5 nitrogen and oxygen atoms in total. The highest BCUT2D eigenvalue weighted by atomic mass is 16.7. The molecule has 1 fully saturated rings. The van der Waals surface area contributed by atoms with E-state index in [1.54, 1.807) is 0 Å². The molecule has 0 aromatic rings. The van der Waals surface area contributed by atoms with E-state index < -0.39 is 24.6 Å².